The molecule has 0 fully saturated rings. The standard InChI is InChI=1S/C53H38N2O2.C2H6/c1-53(2)49-28-14-36(34-57)30-47(49)45-27-26-44(32-50(45)53)54(41-22-15-38(16-23-41)37-8-4-3-5-9-37)42-24-17-39(18-25-42)40-19-29-52-48(31-40)46-10-6-7-11-51(46)55(52)43-20-12-35(33-56)13-21-43;1-2/h3-34H,1-2H3;1-2H3. The lowest BCUT2D eigenvalue weighted by Crippen LogP contribution is -2.16. The molecule has 0 saturated carbocycles. The van der Waals surface area contributed by atoms with Gasteiger partial charge in [0.2, 0.25) is 0 Å². The van der Waals surface area contributed by atoms with Crippen molar-refractivity contribution in [3.8, 4) is 39.1 Å². The van der Waals surface area contributed by atoms with Gasteiger partial charge >= 0.3 is 0 Å². The van der Waals surface area contributed by atoms with Gasteiger partial charge < -0.3 is 9.47 Å². The number of benzene rings is 8. The van der Waals surface area contributed by atoms with Gasteiger partial charge in [0.05, 0.1) is 11.0 Å². The minimum absolute atomic E-state index is 0.227. The highest BCUT2D eigenvalue weighted by molar-refractivity contribution is 6.10. The lowest BCUT2D eigenvalue weighted by atomic mass is 9.82. The van der Waals surface area contributed by atoms with E-state index in [-0.39, 0.29) is 5.41 Å². The molecule has 8 aromatic carbocycles. The number of carbonyl (C=O) groups is 2. The molecule has 4 heteroatoms. The summed E-state index contributed by atoms with van der Waals surface area (Å²) in [6, 6.07) is 63.9. The fraction of sp³-hybridized carbons (Fsp3) is 0.0909. The molecular formula is C55H44N2O2. The maximum atomic E-state index is 11.7. The van der Waals surface area contributed by atoms with Crippen LogP contribution >= 0.6 is 0 Å². The van der Waals surface area contributed by atoms with Crippen molar-refractivity contribution in [3.63, 3.8) is 0 Å². The van der Waals surface area contributed by atoms with Crippen LogP contribution < -0.4 is 4.90 Å². The Morgan fingerprint density at radius 2 is 1.00 bits per heavy atom. The zero-order chi connectivity index (χ0) is 40.7. The minimum atomic E-state index is -0.227. The first-order chi connectivity index (χ1) is 28.9. The molecule has 0 saturated heterocycles. The van der Waals surface area contributed by atoms with Crippen LogP contribution in [0.2, 0.25) is 0 Å². The Balaban J connectivity index is 0.00000221. The maximum Gasteiger partial charge on any atom is 0.150 e. The third kappa shape index (κ3) is 6.43. The van der Waals surface area contributed by atoms with Crippen LogP contribution in [0, 0.1) is 0 Å². The Bertz CT molecular complexity index is 2990. The van der Waals surface area contributed by atoms with Gasteiger partial charge in [-0.05, 0) is 129 Å². The third-order valence-electron chi connectivity index (χ3n) is 11.7. The van der Waals surface area contributed by atoms with Crippen LogP contribution in [0.3, 0.4) is 0 Å². The Morgan fingerprint density at radius 3 is 1.68 bits per heavy atom. The predicted molar refractivity (Wildman–Crippen MR) is 246 cm³/mol. The molecule has 1 aliphatic carbocycles. The molecule has 1 heterocycles. The normalized spacial score (nSPS) is 12.3. The molecule has 286 valence electrons. The van der Waals surface area contributed by atoms with Gasteiger partial charge in [0.25, 0.3) is 0 Å². The lowest BCUT2D eigenvalue weighted by molar-refractivity contribution is 0.111. The van der Waals surface area contributed by atoms with Crippen molar-refractivity contribution < 1.29 is 9.59 Å². The Labute approximate surface area is 345 Å². The molecule has 0 N–H and O–H groups in total. The Morgan fingerprint density at radius 1 is 0.441 bits per heavy atom. The first kappa shape index (κ1) is 37.3. The van der Waals surface area contributed by atoms with Crippen molar-refractivity contribution >= 4 is 51.4 Å². The van der Waals surface area contributed by atoms with E-state index in [2.05, 4.69) is 163 Å². The molecule has 0 unspecified atom stereocenters. The molecule has 0 bridgehead atoms. The molecule has 0 spiro atoms. The van der Waals surface area contributed by atoms with Crippen molar-refractivity contribution in [1.29, 1.82) is 0 Å². The van der Waals surface area contributed by atoms with Crippen LogP contribution in [0.1, 0.15) is 59.5 Å². The topological polar surface area (TPSA) is 42.3 Å². The summed E-state index contributed by atoms with van der Waals surface area (Å²) in [7, 11) is 0. The molecule has 0 amide bonds. The number of anilines is 3. The molecule has 0 aliphatic heterocycles. The second-order valence-corrected chi connectivity index (χ2v) is 15.4. The highest BCUT2D eigenvalue weighted by Gasteiger charge is 2.36. The summed E-state index contributed by atoms with van der Waals surface area (Å²) in [5.74, 6) is 0. The zero-order valence-corrected chi connectivity index (χ0v) is 33.7. The molecule has 59 heavy (non-hydrogen) atoms. The summed E-state index contributed by atoms with van der Waals surface area (Å²) in [6.07, 6.45) is 1.81. The second-order valence-electron chi connectivity index (χ2n) is 15.4. The average Bonchev–Trinajstić information content (AvgIpc) is 3.75. The van der Waals surface area contributed by atoms with Crippen molar-refractivity contribution in [3.05, 3.63) is 204 Å². The van der Waals surface area contributed by atoms with Crippen molar-refractivity contribution in [2.24, 2.45) is 0 Å². The number of hydrogen-bond acceptors (Lipinski definition) is 3. The summed E-state index contributed by atoms with van der Waals surface area (Å²) < 4.78 is 2.27. The molecule has 1 aromatic heterocycles. The van der Waals surface area contributed by atoms with Crippen LogP contribution in [-0.2, 0) is 5.41 Å². The number of aromatic nitrogens is 1. The summed E-state index contributed by atoms with van der Waals surface area (Å²) in [5.41, 5.74) is 17.0. The summed E-state index contributed by atoms with van der Waals surface area (Å²) in [4.78, 5) is 25.4. The number of fused-ring (bicyclic) bond motifs is 6. The average molecular weight is 765 g/mol. The number of rotatable bonds is 8. The van der Waals surface area contributed by atoms with E-state index in [1.165, 1.54) is 38.6 Å². The van der Waals surface area contributed by atoms with E-state index in [0.717, 1.165) is 63.0 Å². The van der Waals surface area contributed by atoms with Crippen LogP contribution in [-0.4, -0.2) is 17.1 Å². The van der Waals surface area contributed by atoms with E-state index in [9.17, 15) is 9.59 Å². The second kappa shape index (κ2) is 15.2. The number of para-hydroxylation sites is 1. The van der Waals surface area contributed by atoms with Gasteiger partial charge in [-0.1, -0.05) is 125 Å². The number of aldehydes is 2. The van der Waals surface area contributed by atoms with Gasteiger partial charge in [-0.15, -0.1) is 0 Å². The van der Waals surface area contributed by atoms with E-state index in [1.54, 1.807) is 0 Å². The zero-order valence-electron chi connectivity index (χ0n) is 33.7. The van der Waals surface area contributed by atoms with Crippen molar-refractivity contribution in [2.75, 3.05) is 4.90 Å². The Hall–Kier alpha value is -7.30. The molecule has 0 atom stereocenters. The number of hydrogen-bond donors (Lipinski definition) is 0. The smallest absolute Gasteiger partial charge is 0.150 e. The summed E-state index contributed by atoms with van der Waals surface area (Å²) in [6.45, 7) is 8.54. The summed E-state index contributed by atoms with van der Waals surface area (Å²) in [5, 5.41) is 2.36. The van der Waals surface area contributed by atoms with Gasteiger partial charge in [-0.3, -0.25) is 9.59 Å². The van der Waals surface area contributed by atoms with Gasteiger partial charge in [-0.2, -0.15) is 0 Å². The molecule has 9 aromatic rings. The predicted octanol–water partition coefficient (Wildman–Crippen LogP) is 14.5. The van der Waals surface area contributed by atoms with Crippen LogP contribution in [0.15, 0.2) is 182 Å². The highest BCUT2D eigenvalue weighted by Crippen LogP contribution is 2.51. The first-order valence-corrected chi connectivity index (χ1v) is 20.3. The number of nitrogens with zero attached hydrogens (tertiary/aromatic N) is 2. The molecule has 1 aliphatic rings. The van der Waals surface area contributed by atoms with E-state index in [1.807, 2.05) is 56.3 Å². The lowest BCUT2D eigenvalue weighted by Gasteiger charge is -2.28. The third-order valence-corrected chi connectivity index (χ3v) is 11.7. The minimum Gasteiger partial charge on any atom is -0.310 e. The van der Waals surface area contributed by atoms with Crippen LogP contribution in [0.5, 0.6) is 0 Å². The highest BCUT2D eigenvalue weighted by atomic mass is 16.1. The molecule has 10 rings (SSSR count). The molecule has 0 radical (unpaired) electrons. The van der Waals surface area contributed by atoms with E-state index in [4.69, 9.17) is 0 Å². The van der Waals surface area contributed by atoms with Gasteiger partial charge in [0.15, 0.2) is 0 Å². The maximum absolute atomic E-state index is 11.7. The quantitative estimate of drug-likeness (QED) is 0.145. The fourth-order valence-electron chi connectivity index (χ4n) is 8.79. The van der Waals surface area contributed by atoms with Gasteiger partial charge in [0.1, 0.15) is 12.6 Å². The van der Waals surface area contributed by atoms with Crippen LogP contribution in [0.25, 0.3) is 60.9 Å². The summed E-state index contributed by atoms with van der Waals surface area (Å²) >= 11 is 0. The van der Waals surface area contributed by atoms with Gasteiger partial charge in [-0.25, -0.2) is 0 Å². The largest absolute Gasteiger partial charge is 0.310 e. The van der Waals surface area contributed by atoms with E-state index >= 15 is 0 Å². The fourth-order valence-corrected chi connectivity index (χ4v) is 8.79. The Kier molecular flexibility index (Phi) is 9.62. The van der Waals surface area contributed by atoms with Gasteiger partial charge in [0, 0.05) is 50.1 Å². The van der Waals surface area contributed by atoms with Crippen molar-refractivity contribution in [1.82, 2.24) is 4.57 Å². The molecule has 4 nitrogen and oxygen atoms in total. The first-order valence-electron chi connectivity index (χ1n) is 20.3. The SMILES string of the molecule is CC.CC1(C)c2ccc(C=O)cc2-c2ccc(N(c3ccc(-c4ccccc4)cc3)c3ccc(-c4ccc5c(c4)c4ccccc4n5-c4ccc(C=O)cc4)cc3)cc21. The molecular weight excluding hydrogens is 721 g/mol. The van der Waals surface area contributed by atoms with E-state index < -0.39 is 0 Å². The monoisotopic (exact) mass is 764 g/mol. The van der Waals surface area contributed by atoms with E-state index in [0.29, 0.717) is 11.1 Å². The number of carbonyl (C=O) groups excluding carboxylic acids is 2. The van der Waals surface area contributed by atoms with Crippen molar-refractivity contribution in [2.45, 2.75) is 33.1 Å². The van der Waals surface area contributed by atoms with Crippen LogP contribution in [0.4, 0.5) is 17.1 Å².